The predicted octanol–water partition coefficient (Wildman–Crippen LogP) is 5.52. The van der Waals surface area contributed by atoms with Crippen molar-refractivity contribution in [3.63, 3.8) is 0 Å². The van der Waals surface area contributed by atoms with Crippen LogP contribution in [-0.2, 0) is 0 Å². The monoisotopic (exact) mass is 409 g/mol. The molecule has 3 aromatic rings. The molecule has 4 rings (SSSR count). The van der Waals surface area contributed by atoms with Crippen LogP contribution in [0.15, 0.2) is 75.2 Å². The van der Waals surface area contributed by atoms with Crippen LogP contribution >= 0.6 is 24.0 Å². The molecule has 0 saturated carbocycles. The Morgan fingerprint density at radius 3 is 2.57 bits per heavy atom. The quantitative estimate of drug-likeness (QED) is 0.560. The molecular formula is C22H23N3OS2. The lowest BCUT2D eigenvalue weighted by Crippen LogP contribution is -2.35. The highest BCUT2D eigenvalue weighted by molar-refractivity contribution is 7.99. The molecular weight excluding hydrogens is 386 g/mol. The molecule has 1 aliphatic rings. The first kappa shape index (κ1) is 19.0. The standard InChI is InChI=1S/C22H23N3OS2/c1-14(2)25-21(20(24-22(25)27)17-6-4-5-13-23-17)18-11-12-19(26-18)28-16-9-7-15(3)8-10-16/h4-14,20-21H,1-3H3,(H,24,27)/t20-,21+/m1/s1. The van der Waals surface area contributed by atoms with Crippen LogP contribution in [0, 0.1) is 6.92 Å². The second kappa shape index (κ2) is 7.97. The average Bonchev–Trinajstić information content (AvgIpc) is 3.28. The Bertz CT molecular complexity index is 953. The summed E-state index contributed by atoms with van der Waals surface area (Å²) >= 11 is 7.26. The van der Waals surface area contributed by atoms with Gasteiger partial charge in [-0.25, -0.2) is 0 Å². The van der Waals surface area contributed by atoms with Gasteiger partial charge in [0.1, 0.15) is 11.8 Å². The van der Waals surface area contributed by atoms with E-state index in [0.29, 0.717) is 0 Å². The summed E-state index contributed by atoms with van der Waals surface area (Å²) in [4.78, 5) is 7.91. The van der Waals surface area contributed by atoms with E-state index in [1.807, 2.05) is 30.5 Å². The lowest BCUT2D eigenvalue weighted by molar-refractivity contribution is 0.227. The van der Waals surface area contributed by atoms with E-state index in [0.717, 1.165) is 26.6 Å². The van der Waals surface area contributed by atoms with Crippen molar-refractivity contribution >= 4 is 29.1 Å². The summed E-state index contributed by atoms with van der Waals surface area (Å²) in [6.07, 6.45) is 1.82. The maximum Gasteiger partial charge on any atom is 0.170 e. The number of pyridine rings is 1. The molecule has 2 aromatic heterocycles. The number of furan rings is 1. The van der Waals surface area contributed by atoms with Crippen LogP contribution in [0.3, 0.4) is 0 Å². The van der Waals surface area contributed by atoms with Crippen molar-refractivity contribution in [1.29, 1.82) is 0 Å². The zero-order valence-corrected chi connectivity index (χ0v) is 17.8. The second-order valence-electron chi connectivity index (χ2n) is 7.20. The lowest BCUT2D eigenvalue weighted by atomic mass is 10.0. The van der Waals surface area contributed by atoms with Gasteiger partial charge in [0.15, 0.2) is 10.2 Å². The summed E-state index contributed by atoms with van der Waals surface area (Å²) in [6.45, 7) is 6.38. The summed E-state index contributed by atoms with van der Waals surface area (Å²) in [7, 11) is 0. The third-order valence-corrected chi connectivity index (χ3v) is 6.08. The molecule has 0 aliphatic carbocycles. The van der Waals surface area contributed by atoms with E-state index in [2.05, 4.69) is 66.3 Å². The van der Waals surface area contributed by atoms with Gasteiger partial charge in [0, 0.05) is 17.1 Å². The van der Waals surface area contributed by atoms with E-state index in [4.69, 9.17) is 16.6 Å². The second-order valence-corrected chi connectivity index (χ2v) is 8.66. The normalized spacial score (nSPS) is 19.3. The molecule has 1 aromatic carbocycles. The molecule has 0 unspecified atom stereocenters. The fourth-order valence-corrected chi connectivity index (χ4v) is 4.73. The third-order valence-electron chi connectivity index (χ3n) is 4.82. The number of aryl methyl sites for hydroxylation is 1. The number of rotatable bonds is 5. The van der Waals surface area contributed by atoms with Crippen LogP contribution in [0.4, 0.5) is 0 Å². The number of benzene rings is 1. The van der Waals surface area contributed by atoms with Crippen molar-refractivity contribution in [2.24, 2.45) is 0 Å². The molecule has 28 heavy (non-hydrogen) atoms. The predicted molar refractivity (Wildman–Crippen MR) is 116 cm³/mol. The van der Waals surface area contributed by atoms with E-state index >= 15 is 0 Å². The highest BCUT2D eigenvalue weighted by atomic mass is 32.2. The molecule has 2 atom stereocenters. The Morgan fingerprint density at radius 1 is 1.11 bits per heavy atom. The molecule has 1 saturated heterocycles. The van der Waals surface area contributed by atoms with Crippen LogP contribution in [0.2, 0.25) is 0 Å². The first-order chi connectivity index (χ1) is 13.5. The van der Waals surface area contributed by atoms with Crippen LogP contribution < -0.4 is 5.32 Å². The van der Waals surface area contributed by atoms with E-state index in [9.17, 15) is 0 Å². The van der Waals surface area contributed by atoms with Gasteiger partial charge in [-0.15, -0.1) is 0 Å². The smallest absolute Gasteiger partial charge is 0.170 e. The molecule has 0 bridgehead atoms. The van der Waals surface area contributed by atoms with Crippen LogP contribution in [0.1, 0.15) is 42.9 Å². The summed E-state index contributed by atoms with van der Waals surface area (Å²) in [5.74, 6) is 0.895. The number of hydrogen-bond donors (Lipinski definition) is 1. The van der Waals surface area contributed by atoms with Crippen molar-refractivity contribution in [2.75, 3.05) is 0 Å². The van der Waals surface area contributed by atoms with Gasteiger partial charge in [-0.05, 0) is 69.4 Å². The fourth-order valence-electron chi connectivity index (χ4n) is 3.50. The Balaban J connectivity index is 1.65. The molecule has 3 heterocycles. The number of thiocarbonyl (C=S) groups is 1. The van der Waals surface area contributed by atoms with Gasteiger partial charge in [0.05, 0.1) is 11.7 Å². The lowest BCUT2D eigenvalue weighted by Gasteiger charge is -2.29. The van der Waals surface area contributed by atoms with E-state index in [1.54, 1.807) is 11.8 Å². The van der Waals surface area contributed by atoms with E-state index in [1.165, 1.54) is 5.56 Å². The fraction of sp³-hybridized carbons (Fsp3) is 0.273. The molecule has 4 nitrogen and oxygen atoms in total. The van der Waals surface area contributed by atoms with Crippen molar-refractivity contribution in [3.8, 4) is 0 Å². The first-order valence-corrected chi connectivity index (χ1v) is 10.6. The minimum atomic E-state index is -0.0422. The molecule has 0 radical (unpaired) electrons. The van der Waals surface area contributed by atoms with Crippen LogP contribution in [0.5, 0.6) is 0 Å². The first-order valence-electron chi connectivity index (χ1n) is 9.37. The minimum absolute atomic E-state index is 0.0326. The molecule has 1 fully saturated rings. The molecule has 144 valence electrons. The van der Waals surface area contributed by atoms with Gasteiger partial charge in [0.25, 0.3) is 0 Å². The zero-order chi connectivity index (χ0) is 19.7. The van der Waals surface area contributed by atoms with Crippen LogP contribution in [0.25, 0.3) is 0 Å². The summed E-state index contributed by atoms with van der Waals surface area (Å²) < 4.78 is 6.28. The average molecular weight is 410 g/mol. The summed E-state index contributed by atoms with van der Waals surface area (Å²) in [6, 6.07) is 18.7. The van der Waals surface area contributed by atoms with Crippen LogP contribution in [-0.4, -0.2) is 21.0 Å². The highest BCUT2D eigenvalue weighted by Crippen LogP contribution is 2.42. The molecule has 6 heteroatoms. The van der Waals surface area contributed by atoms with Gasteiger partial charge in [0.2, 0.25) is 0 Å². The van der Waals surface area contributed by atoms with Gasteiger partial charge < -0.3 is 14.6 Å². The molecule has 1 N–H and O–H groups in total. The van der Waals surface area contributed by atoms with Gasteiger partial charge in [-0.1, -0.05) is 35.5 Å². The minimum Gasteiger partial charge on any atom is -0.452 e. The van der Waals surface area contributed by atoms with Crippen molar-refractivity contribution < 1.29 is 4.42 Å². The van der Waals surface area contributed by atoms with E-state index < -0.39 is 0 Å². The van der Waals surface area contributed by atoms with Crippen molar-refractivity contribution in [2.45, 2.75) is 48.9 Å². The van der Waals surface area contributed by atoms with Crippen molar-refractivity contribution in [3.05, 3.63) is 77.8 Å². The maximum absolute atomic E-state index is 6.28. The van der Waals surface area contributed by atoms with E-state index in [-0.39, 0.29) is 18.1 Å². The summed E-state index contributed by atoms with van der Waals surface area (Å²) in [5.41, 5.74) is 2.21. The summed E-state index contributed by atoms with van der Waals surface area (Å²) in [5, 5.41) is 5.05. The van der Waals surface area contributed by atoms with Gasteiger partial charge in [-0.2, -0.15) is 0 Å². The number of aromatic nitrogens is 1. The molecule has 0 spiro atoms. The Kier molecular flexibility index (Phi) is 5.42. The molecule has 1 aliphatic heterocycles. The Hall–Kier alpha value is -2.31. The Labute approximate surface area is 175 Å². The molecule has 0 amide bonds. The van der Waals surface area contributed by atoms with Crippen molar-refractivity contribution in [1.82, 2.24) is 15.2 Å². The van der Waals surface area contributed by atoms with Gasteiger partial charge >= 0.3 is 0 Å². The highest BCUT2D eigenvalue weighted by Gasteiger charge is 2.42. The number of hydrogen-bond acceptors (Lipinski definition) is 4. The third kappa shape index (κ3) is 3.80. The number of nitrogens with zero attached hydrogens (tertiary/aromatic N) is 2. The van der Waals surface area contributed by atoms with Gasteiger partial charge in [-0.3, -0.25) is 4.98 Å². The number of nitrogens with one attached hydrogen (secondary N) is 1. The Morgan fingerprint density at radius 2 is 1.89 bits per heavy atom. The largest absolute Gasteiger partial charge is 0.452 e. The maximum atomic E-state index is 6.28. The zero-order valence-electron chi connectivity index (χ0n) is 16.1. The SMILES string of the molecule is Cc1ccc(Sc2ccc([C@H]3[C@@H](c4ccccn4)NC(=S)N3C(C)C)o2)cc1. The topological polar surface area (TPSA) is 41.3 Å².